The van der Waals surface area contributed by atoms with Crippen LogP contribution in [0, 0.1) is 5.82 Å². The van der Waals surface area contributed by atoms with Crippen molar-refractivity contribution >= 4 is 17.9 Å². The number of H-pyrrole nitrogens is 1. The number of anilines is 2. The van der Waals surface area contributed by atoms with Crippen LogP contribution >= 0.6 is 0 Å². The Bertz CT molecular complexity index is 1080. The maximum atomic E-state index is 14.9. The number of nitrogens with zero attached hydrogens (tertiary/aromatic N) is 6. The van der Waals surface area contributed by atoms with E-state index in [-0.39, 0.29) is 12.2 Å². The second-order valence-electron chi connectivity index (χ2n) is 6.46. The number of halogens is 1. The number of amides is 1. The monoisotopic (exact) mass is 406 g/mol. The summed E-state index contributed by atoms with van der Waals surface area (Å²) in [5.41, 5.74) is 1.80. The zero-order chi connectivity index (χ0) is 20.8. The van der Waals surface area contributed by atoms with Gasteiger partial charge in [0.2, 0.25) is 6.41 Å². The molecule has 4 aromatic rings. The molecular weight excluding hydrogens is 387 g/mol. The highest BCUT2D eigenvalue weighted by molar-refractivity contribution is 5.83. The molecule has 0 aliphatic rings. The van der Waals surface area contributed by atoms with E-state index in [1.54, 1.807) is 35.5 Å². The smallest absolute Gasteiger partial charge is 0.214 e. The lowest BCUT2D eigenvalue weighted by molar-refractivity contribution is -0.107. The first-order valence-corrected chi connectivity index (χ1v) is 9.26. The van der Waals surface area contributed by atoms with Gasteiger partial charge in [0, 0.05) is 49.2 Å². The van der Waals surface area contributed by atoms with Gasteiger partial charge >= 0.3 is 0 Å². The number of rotatable bonds is 9. The van der Waals surface area contributed by atoms with E-state index in [1.165, 1.54) is 17.2 Å². The molecule has 10 heteroatoms. The van der Waals surface area contributed by atoms with Crippen molar-refractivity contribution in [2.24, 2.45) is 0 Å². The Kier molecular flexibility index (Phi) is 5.74. The Morgan fingerprint density at radius 1 is 1.27 bits per heavy atom. The molecule has 0 bridgehead atoms. The molecule has 0 aliphatic heterocycles. The summed E-state index contributed by atoms with van der Waals surface area (Å²) in [5.74, 6) is -0.169. The molecule has 1 amide bonds. The van der Waals surface area contributed by atoms with Gasteiger partial charge in [-0.25, -0.2) is 9.37 Å². The predicted molar refractivity (Wildman–Crippen MR) is 109 cm³/mol. The summed E-state index contributed by atoms with van der Waals surface area (Å²) in [7, 11) is 0. The molecule has 9 nitrogen and oxygen atoms in total. The fourth-order valence-corrected chi connectivity index (χ4v) is 3.00. The van der Waals surface area contributed by atoms with Crippen LogP contribution in [-0.4, -0.2) is 42.9 Å². The van der Waals surface area contributed by atoms with Crippen molar-refractivity contribution in [3.05, 3.63) is 72.8 Å². The fraction of sp³-hybridized carbons (Fsp3) is 0.150. The molecular formula is C20H19FN8O. The average molecular weight is 406 g/mol. The number of carbonyl (C=O) groups excluding carboxylic acids is 1. The van der Waals surface area contributed by atoms with Crippen molar-refractivity contribution in [1.82, 2.24) is 29.9 Å². The highest BCUT2D eigenvalue weighted by Gasteiger charge is 2.19. The fourth-order valence-electron chi connectivity index (χ4n) is 3.00. The van der Waals surface area contributed by atoms with Gasteiger partial charge < -0.3 is 10.2 Å². The van der Waals surface area contributed by atoms with Crippen molar-refractivity contribution in [1.29, 1.82) is 0 Å². The minimum absolute atomic E-state index is 0.140. The predicted octanol–water partition coefficient (Wildman–Crippen LogP) is 2.48. The SMILES string of the molecule is O=CN(Cc1cccnc1)c1cc(F)c(-c2cn[nH]c2)nc1NCCn1cccn1. The van der Waals surface area contributed by atoms with Crippen LogP contribution in [0.2, 0.25) is 0 Å². The molecule has 0 saturated heterocycles. The summed E-state index contributed by atoms with van der Waals surface area (Å²) in [5, 5.41) is 13.9. The maximum Gasteiger partial charge on any atom is 0.214 e. The molecule has 0 aliphatic carbocycles. The standard InChI is InChI=1S/C20H19FN8O/c21-17-9-18(28(14-30)13-15-3-1-4-22-10-15)20(23-6-8-29-7-2-5-26-29)27-19(17)16-11-24-25-12-16/h1-5,7,9-12,14H,6,8,13H2,(H,23,27)(H,24,25). The van der Waals surface area contributed by atoms with Gasteiger partial charge in [-0.2, -0.15) is 10.2 Å². The van der Waals surface area contributed by atoms with E-state index < -0.39 is 5.82 Å². The normalized spacial score (nSPS) is 10.7. The number of pyridine rings is 2. The van der Waals surface area contributed by atoms with Gasteiger partial charge in [-0.1, -0.05) is 6.07 Å². The topological polar surface area (TPSA) is 105 Å². The van der Waals surface area contributed by atoms with Crippen molar-refractivity contribution in [2.45, 2.75) is 13.1 Å². The maximum absolute atomic E-state index is 14.9. The molecule has 2 N–H and O–H groups in total. The molecule has 0 fully saturated rings. The zero-order valence-electron chi connectivity index (χ0n) is 15.9. The van der Waals surface area contributed by atoms with Crippen LogP contribution in [0.15, 0.2) is 61.4 Å². The van der Waals surface area contributed by atoms with Gasteiger partial charge in [-0.05, 0) is 17.7 Å². The van der Waals surface area contributed by atoms with Gasteiger partial charge in [0.05, 0.1) is 25.0 Å². The third kappa shape index (κ3) is 4.32. The first kappa shape index (κ1) is 19.2. The summed E-state index contributed by atoms with van der Waals surface area (Å²) >= 11 is 0. The molecule has 152 valence electrons. The number of carbonyl (C=O) groups is 1. The van der Waals surface area contributed by atoms with Crippen LogP contribution < -0.4 is 10.2 Å². The molecule has 30 heavy (non-hydrogen) atoms. The molecule has 0 spiro atoms. The van der Waals surface area contributed by atoms with Gasteiger partial charge in [0.25, 0.3) is 0 Å². The van der Waals surface area contributed by atoms with E-state index in [1.807, 2.05) is 18.3 Å². The summed E-state index contributed by atoms with van der Waals surface area (Å²) in [6.45, 7) is 1.30. The molecule has 4 aromatic heterocycles. The zero-order valence-corrected chi connectivity index (χ0v) is 15.9. The molecule has 0 atom stereocenters. The number of aromatic amines is 1. The van der Waals surface area contributed by atoms with Crippen LogP contribution in [0.1, 0.15) is 5.56 Å². The van der Waals surface area contributed by atoms with Crippen LogP contribution in [0.3, 0.4) is 0 Å². The average Bonchev–Trinajstić information content (AvgIpc) is 3.48. The Morgan fingerprint density at radius 3 is 2.90 bits per heavy atom. The van der Waals surface area contributed by atoms with Crippen LogP contribution in [-0.2, 0) is 17.9 Å². The second kappa shape index (κ2) is 8.95. The lowest BCUT2D eigenvalue weighted by Gasteiger charge is -2.22. The van der Waals surface area contributed by atoms with Gasteiger partial charge in [-0.15, -0.1) is 0 Å². The molecule has 0 unspecified atom stereocenters. The summed E-state index contributed by atoms with van der Waals surface area (Å²) in [6.07, 6.45) is 10.6. The van der Waals surface area contributed by atoms with Gasteiger partial charge in [0.1, 0.15) is 5.69 Å². The van der Waals surface area contributed by atoms with E-state index in [0.29, 0.717) is 36.6 Å². The van der Waals surface area contributed by atoms with Gasteiger partial charge in [0.15, 0.2) is 11.6 Å². The number of nitrogens with one attached hydrogen (secondary N) is 2. The Balaban J connectivity index is 1.65. The summed E-state index contributed by atoms with van der Waals surface area (Å²) < 4.78 is 16.6. The molecule has 4 heterocycles. The molecule has 0 saturated carbocycles. The van der Waals surface area contributed by atoms with Crippen molar-refractivity contribution in [2.75, 3.05) is 16.8 Å². The first-order chi connectivity index (χ1) is 14.7. The van der Waals surface area contributed by atoms with Gasteiger partial charge in [-0.3, -0.25) is 19.6 Å². The van der Waals surface area contributed by atoms with Crippen LogP contribution in [0.25, 0.3) is 11.3 Å². The van der Waals surface area contributed by atoms with Crippen molar-refractivity contribution < 1.29 is 9.18 Å². The first-order valence-electron chi connectivity index (χ1n) is 9.26. The van der Waals surface area contributed by atoms with Crippen molar-refractivity contribution in [3.8, 4) is 11.3 Å². The number of hydrogen-bond acceptors (Lipinski definition) is 6. The van der Waals surface area contributed by atoms with E-state index in [0.717, 1.165) is 5.56 Å². The quantitative estimate of drug-likeness (QED) is 0.414. The third-order valence-electron chi connectivity index (χ3n) is 4.43. The highest BCUT2D eigenvalue weighted by atomic mass is 19.1. The Hall–Kier alpha value is -4.08. The third-order valence-corrected chi connectivity index (χ3v) is 4.43. The lowest BCUT2D eigenvalue weighted by Crippen LogP contribution is -2.23. The minimum Gasteiger partial charge on any atom is -0.366 e. The number of aromatic nitrogens is 6. The van der Waals surface area contributed by atoms with E-state index in [4.69, 9.17) is 0 Å². The Morgan fingerprint density at radius 2 is 2.20 bits per heavy atom. The number of hydrogen-bond donors (Lipinski definition) is 2. The lowest BCUT2D eigenvalue weighted by atomic mass is 10.2. The minimum atomic E-state index is -0.554. The molecule has 0 aromatic carbocycles. The van der Waals surface area contributed by atoms with E-state index in [2.05, 4.69) is 30.6 Å². The van der Waals surface area contributed by atoms with E-state index >= 15 is 0 Å². The highest BCUT2D eigenvalue weighted by Crippen LogP contribution is 2.31. The molecule has 4 rings (SSSR count). The van der Waals surface area contributed by atoms with Crippen LogP contribution in [0.4, 0.5) is 15.9 Å². The van der Waals surface area contributed by atoms with Crippen molar-refractivity contribution in [3.63, 3.8) is 0 Å². The summed E-state index contributed by atoms with van der Waals surface area (Å²) in [4.78, 5) is 21.8. The molecule has 0 radical (unpaired) electrons. The second-order valence-corrected chi connectivity index (χ2v) is 6.46. The van der Waals surface area contributed by atoms with E-state index in [9.17, 15) is 9.18 Å². The van der Waals surface area contributed by atoms with Crippen LogP contribution in [0.5, 0.6) is 0 Å². The Labute approximate surface area is 171 Å². The largest absolute Gasteiger partial charge is 0.366 e. The summed E-state index contributed by atoms with van der Waals surface area (Å²) in [6, 6.07) is 6.76.